The molecule has 0 bridgehead atoms. The molecule has 1 aromatic carbocycles. The maximum absolute atomic E-state index is 11.7. The topological polar surface area (TPSA) is 90.9 Å². The van der Waals surface area contributed by atoms with Crippen molar-refractivity contribution in [1.29, 1.82) is 0 Å². The summed E-state index contributed by atoms with van der Waals surface area (Å²) >= 11 is 0. The first-order chi connectivity index (χ1) is 9.10. The summed E-state index contributed by atoms with van der Waals surface area (Å²) in [6, 6.07) is 7.64. The van der Waals surface area contributed by atoms with Crippen molar-refractivity contribution in [2.45, 2.75) is 38.4 Å². The zero-order valence-electron chi connectivity index (χ0n) is 12.0. The van der Waals surface area contributed by atoms with E-state index in [4.69, 9.17) is 5.14 Å². The molecule has 0 aliphatic carbocycles. The van der Waals surface area contributed by atoms with Crippen molar-refractivity contribution in [3.8, 4) is 11.4 Å². The predicted molar refractivity (Wildman–Crippen MR) is 76.6 cm³/mol. The summed E-state index contributed by atoms with van der Waals surface area (Å²) in [4.78, 5) is 0. The van der Waals surface area contributed by atoms with Crippen LogP contribution in [0, 0.1) is 6.92 Å². The number of primary sulfonamides is 1. The number of aromatic nitrogens is 3. The van der Waals surface area contributed by atoms with E-state index in [1.54, 1.807) is 4.57 Å². The van der Waals surface area contributed by atoms with Gasteiger partial charge in [-0.1, -0.05) is 29.8 Å². The molecule has 0 aliphatic heterocycles. The van der Waals surface area contributed by atoms with Gasteiger partial charge < -0.3 is 0 Å². The number of nitrogens with zero attached hydrogens (tertiary/aromatic N) is 3. The third-order valence-corrected chi connectivity index (χ3v) is 3.64. The predicted octanol–water partition coefficient (Wildman–Crippen LogP) is 1.66. The number of sulfonamides is 1. The Kier molecular flexibility index (Phi) is 3.43. The number of hydrogen-bond acceptors (Lipinski definition) is 4. The van der Waals surface area contributed by atoms with E-state index in [9.17, 15) is 8.42 Å². The van der Waals surface area contributed by atoms with E-state index >= 15 is 0 Å². The first-order valence-electron chi connectivity index (χ1n) is 6.16. The fraction of sp³-hybridized carbons (Fsp3) is 0.385. The van der Waals surface area contributed by atoms with Crippen LogP contribution >= 0.6 is 0 Å². The molecule has 7 heteroatoms. The highest BCUT2D eigenvalue weighted by Gasteiger charge is 2.29. The Labute approximate surface area is 118 Å². The second-order valence-corrected chi connectivity index (χ2v) is 7.18. The van der Waals surface area contributed by atoms with Crippen LogP contribution in [-0.4, -0.2) is 23.2 Å². The first kappa shape index (κ1) is 14.7. The van der Waals surface area contributed by atoms with Gasteiger partial charge in [-0.3, -0.25) is 4.57 Å². The molecule has 20 heavy (non-hydrogen) atoms. The summed E-state index contributed by atoms with van der Waals surface area (Å²) in [5.41, 5.74) is 1.40. The summed E-state index contributed by atoms with van der Waals surface area (Å²) in [5.74, 6) is 0.488. The molecule has 0 aliphatic rings. The maximum atomic E-state index is 11.7. The fourth-order valence-electron chi connectivity index (χ4n) is 1.95. The van der Waals surface area contributed by atoms with E-state index in [-0.39, 0.29) is 5.16 Å². The lowest BCUT2D eigenvalue weighted by atomic mass is 10.1. The SMILES string of the molecule is Cc1ccc(-c2nnc(S(N)(=O)=O)n2C(C)(C)C)cc1. The van der Waals surface area contributed by atoms with Crippen LogP contribution in [0.3, 0.4) is 0 Å². The van der Waals surface area contributed by atoms with Gasteiger partial charge >= 0.3 is 0 Å². The second kappa shape index (κ2) is 4.68. The molecule has 2 rings (SSSR count). The molecule has 0 radical (unpaired) electrons. The van der Waals surface area contributed by atoms with Crippen LogP contribution in [0.25, 0.3) is 11.4 Å². The number of rotatable bonds is 2. The lowest BCUT2D eigenvalue weighted by Gasteiger charge is -2.24. The summed E-state index contributed by atoms with van der Waals surface area (Å²) in [7, 11) is -3.92. The summed E-state index contributed by atoms with van der Waals surface area (Å²) < 4.78 is 24.9. The zero-order valence-corrected chi connectivity index (χ0v) is 12.8. The van der Waals surface area contributed by atoms with Crippen LogP contribution in [0.15, 0.2) is 29.4 Å². The van der Waals surface area contributed by atoms with Gasteiger partial charge in [0.15, 0.2) is 5.82 Å². The third kappa shape index (κ3) is 2.73. The van der Waals surface area contributed by atoms with Crippen LogP contribution in [0.2, 0.25) is 0 Å². The van der Waals surface area contributed by atoms with Crippen molar-refractivity contribution < 1.29 is 8.42 Å². The Morgan fingerprint density at radius 2 is 1.65 bits per heavy atom. The zero-order chi connectivity index (χ0) is 15.1. The van der Waals surface area contributed by atoms with E-state index in [1.807, 2.05) is 52.0 Å². The fourth-order valence-corrected chi connectivity index (χ4v) is 2.72. The Bertz CT molecular complexity index is 725. The molecule has 0 spiro atoms. The van der Waals surface area contributed by atoms with Gasteiger partial charge in [-0.2, -0.15) is 0 Å². The molecule has 2 aromatic rings. The van der Waals surface area contributed by atoms with E-state index in [1.165, 1.54) is 0 Å². The molecule has 108 valence electrons. The van der Waals surface area contributed by atoms with Gasteiger partial charge in [0.25, 0.3) is 15.2 Å². The third-order valence-electron chi connectivity index (χ3n) is 2.87. The van der Waals surface area contributed by atoms with Crippen LogP contribution < -0.4 is 5.14 Å². The van der Waals surface area contributed by atoms with Crippen LogP contribution in [-0.2, 0) is 15.6 Å². The quantitative estimate of drug-likeness (QED) is 0.911. The van der Waals surface area contributed by atoms with Crippen molar-refractivity contribution in [2.24, 2.45) is 5.14 Å². The lowest BCUT2D eigenvalue weighted by molar-refractivity contribution is 0.366. The molecule has 0 saturated carbocycles. The minimum atomic E-state index is -3.92. The van der Waals surface area contributed by atoms with E-state index in [0.717, 1.165) is 11.1 Å². The smallest absolute Gasteiger partial charge is 0.273 e. The van der Waals surface area contributed by atoms with Crippen LogP contribution in [0.4, 0.5) is 0 Å². The minimum absolute atomic E-state index is 0.222. The van der Waals surface area contributed by atoms with Gasteiger partial charge in [0, 0.05) is 11.1 Å². The Hall–Kier alpha value is -1.73. The van der Waals surface area contributed by atoms with Crippen molar-refractivity contribution in [3.63, 3.8) is 0 Å². The molecule has 2 N–H and O–H groups in total. The van der Waals surface area contributed by atoms with Gasteiger partial charge in [-0.05, 0) is 27.7 Å². The number of aryl methyl sites for hydroxylation is 1. The summed E-state index contributed by atoms with van der Waals surface area (Å²) in [6.07, 6.45) is 0. The number of hydrogen-bond donors (Lipinski definition) is 1. The molecule has 1 aromatic heterocycles. The van der Waals surface area contributed by atoms with Crippen molar-refractivity contribution in [3.05, 3.63) is 29.8 Å². The molecular formula is C13H18N4O2S. The van der Waals surface area contributed by atoms with Crippen LogP contribution in [0.1, 0.15) is 26.3 Å². The monoisotopic (exact) mass is 294 g/mol. The van der Waals surface area contributed by atoms with Gasteiger partial charge in [0.05, 0.1) is 0 Å². The summed E-state index contributed by atoms with van der Waals surface area (Å²) in [6.45, 7) is 7.61. The largest absolute Gasteiger partial charge is 0.291 e. The highest BCUT2D eigenvalue weighted by Crippen LogP contribution is 2.27. The van der Waals surface area contributed by atoms with E-state index < -0.39 is 15.6 Å². The van der Waals surface area contributed by atoms with E-state index in [0.29, 0.717) is 5.82 Å². The van der Waals surface area contributed by atoms with Crippen molar-refractivity contribution in [2.75, 3.05) is 0 Å². The highest BCUT2D eigenvalue weighted by molar-refractivity contribution is 7.89. The molecule has 0 amide bonds. The molecule has 0 saturated heterocycles. The lowest BCUT2D eigenvalue weighted by Crippen LogP contribution is -2.29. The summed E-state index contributed by atoms with van der Waals surface area (Å²) in [5, 5.41) is 12.8. The average molecular weight is 294 g/mol. The van der Waals surface area contributed by atoms with Gasteiger partial charge in [0.1, 0.15) is 0 Å². The maximum Gasteiger partial charge on any atom is 0.273 e. The van der Waals surface area contributed by atoms with Crippen molar-refractivity contribution >= 4 is 10.0 Å². The average Bonchev–Trinajstić information content (AvgIpc) is 2.73. The van der Waals surface area contributed by atoms with E-state index in [2.05, 4.69) is 10.2 Å². The first-order valence-corrected chi connectivity index (χ1v) is 7.71. The standard InChI is InChI=1S/C13H18N4O2S/c1-9-5-7-10(8-6-9)11-15-16-12(20(14,18)19)17(11)13(2,3)4/h5-8H,1-4H3,(H2,14,18,19). The van der Waals surface area contributed by atoms with Crippen molar-refractivity contribution in [1.82, 2.24) is 14.8 Å². The van der Waals surface area contributed by atoms with Crippen LogP contribution in [0.5, 0.6) is 0 Å². The van der Waals surface area contributed by atoms with Gasteiger partial charge in [0.2, 0.25) is 0 Å². The van der Waals surface area contributed by atoms with Gasteiger partial charge in [-0.25, -0.2) is 13.6 Å². The Morgan fingerprint density at radius 3 is 2.10 bits per heavy atom. The minimum Gasteiger partial charge on any atom is -0.291 e. The molecule has 0 unspecified atom stereocenters. The Morgan fingerprint density at radius 1 is 1.10 bits per heavy atom. The molecule has 1 heterocycles. The van der Waals surface area contributed by atoms with Gasteiger partial charge in [-0.15, -0.1) is 10.2 Å². The molecule has 0 atom stereocenters. The second-order valence-electron chi connectivity index (χ2n) is 5.72. The molecule has 0 fully saturated rings. The number of benzene rings is 1. The normalized spacial score (nSPS) is 12.7. The highest BCUT2D eigenvalue weighted by atomic mass is 32.2. The molecular weight excluding hydrogens is 276 g/mol. The Balaban J connectivity index is 2.72. The number of nitrogens with two attached hydrogens (primary N) is 1. The molecule has 6 nitrogen and oxygen atoms in total.